The van der Waals surface area contributed by atoms with Crippen molar-refractivity contribution in [3.05, 3.63) is 35.4 Å². The van der Waals surface area contributed by atoms with Crippen LogP contribution in [0.3, 0.4) is 0 Å². The van der Waals surface area contributed by atoms with Gasteiger partial charge in [-0.15, -0.1) is 0 Å². The van der Waals surface area contributed by atoms with Crippen LogP contribution in [0.25, 0.3) is 0 Å². The summed E-state index contributed by atoms with van der Waals surface area (Å²) >= 11 is 0. The highest BCUT2D eigenvalue weighted by molar-refractivity contribution is 5.17. The maximum Gasteiger partial charge on any atom is 0.126 e. The minimum absolute atomic E-state index is 0.528. The monoisotopic (exact) mass is 258 g/mol. The van der Waals surface area contributed by atoms with E-state index in [0.29, 0.717) is 18.7 Å². The summed E-state index contributed by atoms with van der Waals surface area (Å²) in [4.78, 5) is 2.01. The van der Waals surface area contributed by atoms with Crippen LogP contribution in [-0.2, 0) is 11.3 Å². The zero-order chi connectivity index (χ0) is 13.4. The van der Waals surface area contributed by atoms with Crippen molar-refractivity contribution < 1.29 is 13.5 Å². The summed E-state index contributed by atoms with van der Waals surface area (Å²) in [5.41, 5.74) is 0.645. The van der Waals surface area contributed by atoms with Crippen LogP contribution < -0.4 is 5.32 Å². The molecule has 0 saturated carbocycles. The molecule has 0 fully saturated rings. The summed E-state index contributed by atoms with van der Waals surface area (Å²) in [6.45, 7) is 3.64. The van der Waals surface area contributed by atoms with Crippen molar-refractivity contribution >= 4 is 0 Å². The second-order valence-corrected chi connectivity index (χ2v) is 4.26. The Morgan fingerprint density at radius 1 is 1.17 bits per heavy atom. The largest absolute Gasteiger partial charge is 0.383 e. The molecular weight excluding hydrogens is 238 g/mol. The first-order valence-corrected chi connectivity index (χ1v) is 5.95. The summed E-state index contributed by atoms with van der Waals surface area (Å²) in [6, 6.07) is 3.60. The van der Waals surface area contributed by atoms with Gasteiger partial charge in [-0.2, -0.15) is 0 Å². The van der Waals surface area contributed by atoms with Gasteiger partial charge in [-0.05, 0) is 24.7 Å². The first-order chi connectivity index (χ1) is 8.61. The van der Waals surface area contributed by atoms with E-state index in [-0.39, 0.29) is 0 Å². The lowest BCUT2D eigenvalue weighted by molar-refractivity contribution is 0.197. The standard InChI is InChI=1S/C13H20F2N2O/c1-17(5-3-16-4-6-18-2)10-11-7-12(14)9-13(15)8-11/h7-9,16H,3-6,10H2,1-2H3. The van der Waals surface area contributed by atoms with E-state index in [1.807, 2.05) is 11.9 Å². The molecule has 0 heterocycles. The molecule has 0 amide bonds. The first kappa shape index (κ1) is 15.0. The van der Waals surface area contributed by atoms with E-state index in [0.717, 1.165) is 25.7 Å². The van der Waals surface area contributed by atoms with Crippen LogP contribution in [-0.4, -0.2) is 45.3 Å². The van der Waals surface area contributed by atoms with Crippen molar-refractivity contribution in [1.82, 2.24) is 10.2 Å². The molecule has 1 aromatic rings. The van der Waals surface area contributed by atoms with Gasteiger partial charge in [-0.25, -0.2) is 8.78 Å². The van der Waals surface area contributed by atoms with Crippen LogP contribution in [0.5, 0.6) is 0 Å². The molecule has 0 aromatic heterocycles. The van der Waals surface area contributed by atoms with Gasteiger partial charge in [-0.1, -0.05) is 0 Å². The molecule has 0 unspecified atom stereocenters. The maximum atomic E-state index is 13.0. The molecule has 0 saturated heterocycles. The number of methoxy groups -OCH3 is 1. The average molecular weight is 258 g/mol. The second kappa shape index (κ2) is 8.13. The molecule has 1 aromatic carbocycles. The predicted molar refractivity (Wildman–Crippen MR) is 67.4 cm³/mol. The van der Waals surface area contributed by atoms with Gasteiger partial charge in [0.2, 0.25) is 0 Å². The normalized spacial score (nSPS) is 11.2. The fraction of sp³-hybridized carbons (Fsp3) is 0.538. The van der Waals surface area contributed by atoms with E-state index >= 15 is 0 Å². The number of halogens is 2. The van der Waals surface area contributed by atoms with Crippen molar-refractivity contribution in [2.24, 2.45) is 0 Å². The quantitative estimate of drug-likeness (QED) is 0.717. The summed E-state index contributed by atoms with van der Waals surface area (Å²) in [5.74, 6) is -1.06. The lowest BCUT2D eigenvalue weighted by Gasteiger charge is -2.17. The third-order valence-corrected chi connectivity index (χ3v) is 2.53. The number of hydrogen-bond acceptors (Lipinski definition) is 3. The van der Waals surface area contributed by atoms with Crippen molar-refractivity contribution in [3.63, 3.8) is 0 Å². The minimum Gasteiger partial charge on any atom is -0.383 e. The Kier molecular flexibility index (Phi) is 6.78. The highest BCUT2D eigenvalue weighted by Crippen LogP contribution is 2.09. The average Bonchev–Trinajstić information content (AvgIpc) is 2.27. The lowest BCUT2D eigenvalue weighted by atomic mass is 10.2. The zero-order valence-electron chi connectivity index (χ0n) is 10.9. The van der Waals surface area contributed by atoms with Crippen molar-refractivity contribution in [2.75, 3.05) is 40.4 Å². The Balaban J connectivity index is 2.28. The SMILES string of the molecule is COCCNCCN(C)Cc1cc(F)cc(F)c1. The van der Waals surface area contributed by atoms with E-state index in [4.69, 9.17) is 4.74 Å². The lowest BCUT2D eigenvalue weighted by Crippen LogP contribution is -2.30. The number of hydrogen-bond donors (Lipinski definition) is 1. The summed E-state index contributed by atoms with van der Waals surface area (Å²) in [7, 11) is 3.58. The van der Waals surface area contributed by atoms with E-state index in [2.05, 4.69) is 5.32 Å². The summed E-state index contributed by atoms with van der Waals surface area (Å²) < 4.78 is 30.9. The Hall–Kier alpha value is -1.04. The van der Waals surface area contributed by atoms with Crippen LogP contribution in [0.15, 0.2) is 18.2 Å². The van der Waals surface area contributed by atoms with Gasteiger partial charge >= 0.3 is 0 Å². The van der Waals surface area contributed by atoms with Crippen molar-refractivity contribution in [2.45, 2.75) is 6.54 Å². The fourth-order valence-electron chi connectivity index (χ4n) is 1.66. The number of rotatable bonds is 8. The van der Waals surface area contributed by atoms with Gasteiger partial charge < -0.3 is 15.0 Å². The Morgan fingerprint density at radius 3 is 2.44 bits per heavy atom. The molecule has 102 valence electrons. The number of benzene rings is 1. The molecule has 0 radical (unpaired) electrons. The van der Waals surface area contributed by atoms with E-state index < -0.39 is 11.6 Å². The Labute approximate surface area is 107 Å². The second-order valence-electron chi connectivity index (χ2n) is 4.26. The van der Waals surface area contributed by atoms with E-state index in [9.17, 15) is 8.78 Å². The van der Waals surface area contributed by atoms with Crippen molar-refractivity contribution in [3.8, 4) is 0 Å². The first-order valence-electron chi connectivity index (χ1n) is 5.95. The fourth-order valence-corrected chi connectivity index (χ4v) is 1.66. The third kappa shape index (κ3) is 6.05. The number of likely N-dealkylation sites (N-methyl/N-ethyl adjacent to an activating group) is 1. The Bertz CT molecular complexity index is 341. The molecule has 0 aliphatic rings. The van der Waals surface area contributed by atoms with Gasteiger partial charge in [0.15, 0.2) is 0 Å². The molecule has 0 atom stereocenters. The predicted octanol–water partition coefficient (Wildman–Crippen LogP) is 1.63. The number of nitrogens with zero attached hydrogens (tertiary/aromatic N) is 1. The van der Waals surface area contributed by atoms with Crippen LogP contribution in [0.2, 0.25) is 0 Å². The third-order valence-electron chi connectivity index (χ3n) is 2.53. The van der Waals surface area contributed by atoms with Gasteiger partial charge in [0.05, 0.1) is 6.61 Å². The van der Waals surface area contributed by atoms with E-state index in [1.54, 1.807) is 7.11 Å². The highest BCUT2D eigenvalue weighted by Gasteiger charge is 2.04. The summed E-state index contributed by atoms with van der Waals surface area (Å²) in [5, 5.41) is 3.21. The van der Waals surface area contributed by atoms with Crippen LogP contribution in [0, 0.1) is 11.6 Å². The molecule has 0 aliphatic heterocycles. The van der Waals surface area contributed by atoms with Gasteiger partial charge in [0.1, 0.15) is 11.6 Å². The highest BCUT2D eigenvalue weighted by atomic mass is 19.1. The number of nitrogens with one attached hydrogen (secondary N) is 1. The molecule has 1 N–H and O–H groups in total. The van der Waals surface area contributed by atoms with Gasteiger partial charge in [0, 0.05) is 39.4 Å². The zero-order valence-corrected chi connectivity index (χ0v) is 10.9. The summed E-state index contributed by atoms with van der Waals surface area (Å²) in [6.07, 6.45) is 0. The maximum absolute atomic E-state index is 13.0. The van der Waals surface area contributed by atoms with Crippen molar-refractivity contribution in [1.29, 1.82) is 0 Å². The smallest absolute Gasteiger partial charge is 0.126 e. The van der Waals surface area contributed by atoms with E-state index in [1.165, 1.54) is 12.1 Å². The molecule has 1 rings (SSSR count). The van der Waals surface area contributed by atoms with Crippen LogP contribution in [0.4, 0.5) is 8.78 Å². The Morgan fingerprint density at radius 2 is 1.83 bits per heavy atom. The van der Waals surface area contributed by atoms with Crippen LogP contribution in [0.1, 0.15) is 5.56 Å². The number of ether oxygens (including phenoxy) is 1. The topological polar surface area (TPSA) is 24.5 Å². The molecular formula is C13H20F2N2O. The van der Waals surface area contributed by atoms with Gasteiger partial charge in [0.25, 0.3) is 0 Å². The van der Waals surface area contributed by atoms with Gasteiger partial charge in [-0.3, -0.25) is 0 Å². The molecule has 18 heavy (non-hydrogen) atoms. The molecule has 0 spiro atoms. The molecule has 5 heteroatoms. The molecule has 0 bridgehead atoms. The van der Waals surface area contributed by atoms with Crippen LogP contribution >= 0.6 is 0 Å². The minimum atomic E-state index is -0.531. The molecule has 3 nitrogen and oxygen atoms in total. The molecule has 0 aliphatic carbocycles.